The van der Waals surface area contributed by atoms with E-state index in [1.54, 1.807) is 6.08 Å². The van der Waals surface area contributed by atoms with Crippen molar-refractivity contribution in [2.24, 2.45) is 0 Å². The van der Waals surface area contributed by atoms with Crippen LogP contribution in [0.2, 0.25) is 0 Å². The van der Waals surface area contributed by atoms with Crippen LogP contribution < -0.4 is 10.1 Å². The number of aromatic nitrogens is 2. The molecule has 0 fully saturated rings. The molecule has 0 bridgehead atoms. The number of amides is 1. The van der Waals surface area contributed by atoms with Gasteiger partial charge in [0.05, 0.1) is 24.2 Å². The molecule has 1 amide bonds. The molecule has 0 atom stereocenters. The van der Waals surface area contributed by atoms with Crippen molar-refractivity contribution in [2.45, 2.75) is 39.8 Å². The average Bonchev–Trinajstić information content (AvgIpc) is 3.21. The molecule has 1 aromatic heterocycles. The highest BCUT2D eigenvalue weighted by Gasteiger charge is 2.11. The Morgan fingerprint density at radius 3 is 2.59 bits per heavy atom. The molecule has 3 aromatic carbocycles. The molecule has 0 saturated carbocycles. The van der Waals surface area contributed by atoms with Crippen LogP contribution in [-0.2, 0) is 17.9 Å². The van der Waals surface area contributed by atoms with Gasteiger partial charge in [0, 0.05) is 12.6 Å². The van der Waals surface area contributed by atoms with Crippen molar-refractivity contribution < 1.29 is 9.53 Å². The zero-order chi connectivity index (χ0) is 23.8. The Kier molecular flexibility index (Phi) is 7.76. The highest BCUT2D eigenvalue weighted by Crippen LogP contribution is 2.19. The molecule has 1 N–H and O–H groups in total. The second-order valence-electron chi connectivity index (χ2n) is 8.43. The maximum atomic E-state index is 12.3. The molecule has 0 spiro atoms. The maximum absolute atomic E-state index is 12.3. The minimum absolute atomic E-state index is 0.135. The van der Waals surface area contributed by atoms with Crippen molar-refractivity contribution in [3.63, 3.8) is 0 Å². The van der Waals surface area contributed by atoms with Gasteiger partial charge in [-0.3, -0.25) is 4.79 Å². The van der Waals surface area contributed by atoms with Crippen molar-refractivity contribution in [3.8, 4) is 5.75 Å². The first-order chi connectivity index (χ1) is 16.6. The van der Waals surface area contributed by atoms with Gasteiger partial charge in [-0.25, -0.2) is 4.98 Å². The van der Waals surface area contributed by atoms with E-state index in [4.69, 9.17) is 9.72 Å². The summed E-state index contributed by atoms with van der Waals surface area (Å²) in [6, 6.07) is 24.1. The lowest BCUT2D eigenvalue weighted by Crippen LogP contribution is -2.22. The molecule has 4 aromatic rings. The Balaban J connectivity index is 1.33. The first-order valence-corrected chi connectivity index (χ1v) is 11.8. The number of hydrogen-bond donors (Lipinski definition) is 1. The summed E-state index contributed by atoms with van der Waals surface area (Å²) in [5.41, 5.74) is 5.54. The van der Waals surface area contributed by atoms with E-state index in [-0.39, 0.29) is 5.91 Å². The predicted molar refractivity (Wildman–Crippen MR) is 138 cm³/mol. The van der Waals surface area contributed by atoms with E-state index in [2.05, 4.69) is 41.9 Å². The number of carbonyl (C=O) groups excluding carboxylic acids is 1. The first-order valence-electron chi connectivity index (χ1n) is 11.8. The Bertz CT molecular complexity index is 1280. The fourth-order valence-corrected chi connectivity index (χ4v) is 3.84. The molecule has 5 heteroatoms. The summed E-state index contributed by atoms with van der Waals surface area (Å²) < 4.78 is 8.13. The lowest BCUT2D eigenvalue weighted by molar-refractivity contribution is -0.116. The standard InChI is InChI=1S/C29H31N3O2/c1-22-14-16-25(20-23(22)2)34-19-9-8-18-32-27-13-7-6-12-26(27)31-28(32)21-30-29(33)17-15-24-10-4-3-5-11-24/h3-7,10-17,20H,8-9,18-19,21H2,1-2H3,(H,30,33)/b17-15-. The number of benzene rings is 3. The number of para-hydroxylation sites is 2. The summed E-state index contributed by atoms with van der Waals surface area (Å²) in [5.74, 6) is 1.64. The van der Waals surface area contributed by atoms with Crippen LogP contribution in [0.15, 0.2) is 78.9 Å². The number of nitrogens with one attached hydrogen (secondary N) is 1. The predicted octanol–water partition coefficient (Wildman–Crippen LogP) is 5.84. The molecule has 34 heavy (non-hydrogen) atoms. The monoisotopic (exact) mass is 453 g/mol. The Labute approximate surface area is 201 Å². The molecular weight excluding hydrogens is 422 g/mol. The van der Waals surface area contributed by atoms with Gasteiger partial charge in [-0.2, -0.15) is 0 Å². The maximum Gasteiger partial charge on any atom is 0.244 e. The van der Waals surface area contributed by atoms with Gasteiger partial charge in [0.2, 0.25) is 5.91 Å². The van der Waals surface area contributed by atoms with Gasteiger partial charge in [-0.15, -0.1) is 0 Å². The van der Waals surface area contributed by atoms with E-state index >= 15 is 0 Å². The fraction of sp³-hybridized carbons (Fsp3) is 0.241. The summed E-state index contributed by atoms with van der Waals surface area (Å²) >= 11 is 0. The quantitative estimate of drug-likeness (QED) is 0.242. The molecule has 174 valence electrons. The molecular formula is C29H31N3O2. The van der Waals surface area contributed by atoms with Gasteiger partial charge in [-0.1, -0.05) is 48.5 Å². The SMILES string of the molecule is Cc1ccc(OCCCCn2c(CNC(=O)/C=C\c3ccccc3)nc3ccccc32)cc1C. The number of nitrogens with zero attached hydrogens (tertiary/aromatic N) is 2. The smallest absolute Gasteiger partial charge is 0.244 e. The van der Waals surface area contributed by atoms with Crippen LogP contribution >= 0.6 is 0 Å². The normalized spacial score (nSPS) is 11.2. The van der Waals surface area contributed by atoms with Crippen molar-refractivity contribution in [1.82, 2.24) is 14.9 Å². The zero-order valence-corrected chi connectivity index (χ0v) is 19.8. The zero-order valence-electron chi connectivity index (χ0n) is 19.8. The highest BCUT2D eigenvalue weighted by atomic mass is 16.5. The van der Waals surface area contributed by atoms with E-state index in [0.717, 1.165) is 47.6 Å². The van der Waals surface area contributed by atoms with Crippen LogP contribution in [0.3, 0.4) is 0 Å². The van der Waals surface area contributed by atoms with Gasteiger partial charge >= 0.3 is 0 Å². The third-order valence-electron chi connectivity index (χ3n) is 5.90. The van der Waals surface area contributed by atoms with Gasteiger partial charge in [0.15, 0.2) is 0 Å². The number of imidazole rings is 1. The molecule has 0 radical (unpaired) electrons. The van der Waals surface area contributed by atoms with Crippen LogP contribution in [0.1, 0.15) is 35.4 Å². The largest absolute Gasteiger partial charge is 0.494 e. The Morgan fingerprint density at radius 1 is 0.971 bits per heavy atom. The topological polar surface area (TPSA) is 56.1 Å². The molecule has 0 aliphatic carbocycles. The first kappa shape index (κ1) is 23.3. The number of ether oxygens (including phenoxy) is 1. The van der Waals surface area contributed by atoms with Gasteiger partial charge in [0.1, 0.15) is 11.6 Å². The van der Waals surface area contributed by atoms with E-state index in [0.29, 0.717) is 13.2 Å². The van der Waals surface area contributed by atoms with Crippen LogP contribution in [0.5, 0.6) is 5.75 Å². The average molecular weight is 454 g/mol. The second kappa shape index (κ2) is 11.3. The molecule has 0 aliphatic heterocycles. The van der Waals surface area contributed by atoms with Gasteiger partial charge < -0.3 is 14.6 Å². The van der Waals surface area contributed by atoms with Crippen LogP contribution in [0.4, 0.5) is 0 Å². The van der Waals surface area contributed by atoms with Crippen molar-refractivity contribution in [1.29, 1.82) is 0 Å². The number of rotatable bonds is 10. The van der Waals surface area contributed by atoms with E-state index in [1.807, 2.05) is 60.7 Å². The van der Waals surface area contributed by atoms with Gasteiger partial charge in [-0.05, 0) is 73.7 Å². The molecule has 5 nitrogen and oxygen atoms in total. The molecule has 0 aliphatic rings. The molecule has 1 heterocycles. The van der Waals surface area contributed by atoms with Gasteiger partial charge in [0.25, 0.3) is 0 Å². The minimum Gasteiger partial charge on any atom is -0.494 e. The van der Waals surface area contributed by atoms with Crippen LogP contribution in [0.25, 0.3) is 17.1 Å². The Hall–Kier alpha value is -3.86. The third kappa shape index (κ3) is 6.13. The summed E-state index contributed by atoms with van der Waals surface area (Å²) in [7, 11) is 0. The lowest BCUT2D eigenvalue weighted by Gasteiger charge is -2.11. The second-order valence-corrected chi connectivity index (χ2v) is 8.43. The highest BCUT2D eigenvalue weighted by molar-refractivity contribution is 5.91. The number of unbranched alkanes of at least 4 members (excludes halogenated alkanes) is 1. The van der Waals surface area contributed by atoms with Crippen molar-refractivity contribution in [2.75, 3.05) is 6.61 Å². The number of hydrogen-bond acceptors (Lipinski definition) is 3. The van der Waals surface area contributed by atoms with E-state index in [9.17, 15) is 4.79 Å². The number of carbonyl (C=O) groups is 1. The molecule has 4 rings (SSSR count). The lowest BCUT2D eigenvalue weighted by atomic mass is 10.1. The third-order valence-corrected chi connectivity index (χ3v) is 5.90. The van der Waals surface area contributed by atoms with Crippen LogP contribution in [0, 0.1) is 13.8 Å². The summed E-state index contributed by atoms with van der Waals surface area (Å²) in [4.78, 5) is 17.1. The number of fused-ring (bicyclic) bond motifs is 1. The van der Waals surface area contributed by atoms with Crippen molar-refractivity contribution >= 4 is 23.0 Å². The molecule has 0 saturated heterocycles. The van der Waals surface area contributed by atoms with Crippen LogP contribution in [-0.4, -0.2) is 22.1 Å². The number of aryl methyl sites for hydroxylation is 3. The van der Waals surface area contributed by atoms with E-state index < -0.39 is 0 Å². The summed E-state index contributed by atoms with van der Waals surface area (Å²) in [5, 5.41) is 2.97. The fourth-order valence-electron chi connectivity index (χ4n) is 3.84. The summed E-state index contributed by atoms with van der Waals surface area (Å²) in [6.07, 6.45) is 5.27. The Morgan fingerprint density at radius 2 is 1.76 bits per heavy atom. The van der Waals surface area contributed by atoms with E-state index in [1.165, 1.54) is 11.1 Å². The summed E-state index contributed by atoms with van der Waals surface area (Å²) in [6.45, 7) is 6.08. The van der Waals surface area contributed by atoms with Crippen molar-refractivity contribution in [3.05, 3.63) is 101 Å². The minimum atomic E-state index is -0.135. The molecule has 0 unspecified atom stereocenters.